The maximum absolute atomic E-state index is 9.62. The molecule has 5 nitrogen and oxygen atoms in total. The van der Waals surface area contributed by atoms with Gasteiger partial charge in [0.2, 0.25) is 10.5 Å². The molecule has 0 aromatic heterocycles. The second kappa shape index (κ2) is 12.0. The predicted molar refractivity (Wildman–Crippen MR) is 72.5 cm³/mol. The first-order valence-electron chi connectivity index (χ1n) is 5.61. The fourth-order valence-corrected chi connectivity index (χ4v) is 2.72. The van der Waals surface area contributed by atoms with Crippen molar-refractivity contribution in [2.45, 2.75) is 27.7 Å². The van der Waals surface area contributed by atoms with E-state index in [-0.39, 0.29) is 5.97 Å². The Morgan fingerprint density at radius 2 is 1.47 bits per heavy atom. The van der Waals surface area contributed by atoms with Crippen molar-refractivity contribution in [2.75, 3.05) is 19.8 Å². The summed E-state index contributed by atoms with van der Waals surface area (Å²) >= 11 is 0. The monoisotopic (exact) mass is 280 g/mol. The molecule has 0 radical (unpaired) electrons. The minimum Gasteiger partial charge on any atom is -0.529 e. The molecule has 0 fully saturated rings. The quantitative estimate of drug-likeness (QED) is 0.639. The molecule has 0 heterocycles. The molecule has 0 aromatic rings. The minimum atomic E-state index is -2.51. The summed E-state index contributed by atoms with van der Waals surface area (Å²) in [6.07, 6.45) is 0. The van der Waals surface area contributed by atoms with Gasteiger partial charge >= 0.3 is 8.80 Å². The second-order valence-corrected chi connectivity index (χ2v) is 5.69. The first kappa shape index (κ1) is 18.9. The van der Waals surface area contributed by atoms with Crippen LogP contribution in [0.25, 0.3) is 0 Å². The molecule has 102 valence electrons. The first-order valence-corrected chi connectivity index (χ1v) is 8.23. The number of hydrogen-bond acceptors (Lipinski definition) is 5. The van der Waals surface area contributed by atoms with Crippen molar-refractivity contribution >= 4 is 25.3 Å². The van der Waals surface area contributed by atoms with Crippen molar-refractivity contribution in [2.24, 2.45) is 0 Å². The Morgan fingerprint density at radius 1 is 1.18 bits per heavy atom. The largest absolute Gasteiger partial charge is 0.529 e. The lowest BCUT2D eigenvalue weighted by atomic mass is 10.9. The van der Waals surface area contributed by atoms with E-state index in [2.05, 4.69) is 11.0 Å². The zero-order valence-corrected chi connectivity index (χ0v) is 14.4. The molecule has 0 aliphatic carbocycles. The van der Waals surface area contributed by atoms with Crippen LogP contribution in [0.4, 0.5) is 0 Å². The van der Waals surface area contributed by atoms with Crippen LogP contribution in [0.3, 0.4) is 0 Å². The maximum Gasteiger partial charge on any atom is 0.528 e. The van der Waals surface area contributed by atoms with Gasteiger partial charge in [-0.2, -0.15) is 0 Å². The molecule has 0 spiro atoms. The Kier molecular flexibility index (Phi) is 13.3. The molecular formula is C10H24O5Si2. The standard InChI is InChI=1S/C8H18O3Si.C2H6O2Si/c1-5-9-12(8-4,10-6-2)11-7-3;1-2(3)4-5/h8H,4-7H2,1-3H3;1,5H3. The van der Waals surface area contributed by atoms with E-state index in [1.807, 2.05) is 20.8 Å². The van der Waals surface area contributed by atoms with E-state index in [1.165, 1.54) is 6.92 Å². The molecule has 0 aliphatic heterocycles. The Hall–Kier alpha value is -0.476. The van der Waals surface area contributed by atoms with Crippen LogP contribution in [0.1, 0.15) is 27.7 Å². The third-order valence-electron chi connectivity index (χ3n) is 1.57. The average Bonchev–Trinajstić information content (AvgIpc) is 2.30. The summed E-state index contributed by atoms with van der Waals surface area (Å²) in [5.41, 5.74) is 1.67. The molecule has 0 amide bonds. The van der Waals surface area contributed by atoms with Crippen LogP contribution in [0.2, 0.25) is 0 Å². The topological polar surface area (TPSA) is 54.0 Å². The fourth-order valence-electron chi connectivity index (χ4n) is 0.905. The third-order valence-corrected chi connectivity index (χ3v) is 4.72. The number of rotatable bonds is 7. The zero-order valence-electron chi connectivity index (χ0n) is 11.4. The van der Waals surface area contributed by atoms with Crippen LogP contribution in [0.5, 0.6) is 0 Å². The zero-order chi connectivity index (χ0) is 13.7. The molecule has 0 aliphatic rings. The van der Waals surface area contributed by atoms with E-state index in [9.17, 15) is 4.79 Å². The van der Waals surface area contributed by atoms with Crippen molar-refractivity contribution in [3.05, 3.63) is 12.3 Å². The highest BCUT2D eigenvalue weighted by molar-refractivity contribution is 6.66. The van der Waals surface area contributed by atoms with Crippen molar-refractivity contribution in [1.82, 2.24) is 0 Å². The maximum atomic E-state index is 9.62. The molecule has 0 atom stereocenters. The Morgan fingerprint density at radius 3 is 1.59 bits per heavy atom. The van der Waals surface area contributed by atoms with E-state index in [1.54, 1.807) is 5.70 Å². The van der Waals surface area contributed by atoms with Crippen molar-refractivity contribution < 1.29 is 22.5 Å². The van der Waals surface area contributed by atoms with Crippen molar-refractivity contribution in [3.63, 3.8) is 0 Å². The summed E-state index contributed by atoms with van der Waals surface area (Å²) in [5.74, 6) is -0.184. The van der Waals surface area contributed by atoms with Gasteiger partial charge in [0.05, 0.1) is 0 Å². The van der Waals surface area contributed by atoms with E-state index >= 15 is 0 Å². The summed E-state index contributed by atoms with van der Waals surface area (Å²) in [7, 11) is -1.98. The predicted octanol–water partition coefficient (Wildman–Crippen LogP) is 0.590. The van der Waals surface area contributed by atoms with Gasteiger partial charge in [-0.1, -0.05) is 6.58 Å². The van der Waals surface area contributed by atoms with E-state index in [0.717, 1.165) is 0 Å². The molecule has 0 N–H and O–H groups in total. The Labute approximate surface area is 108 Å². The minimum absolute atomic E-state index is 0.184. The van der Waals surface area contributed by atoms with Gasteiger partial charge in [-0.25, -0.2) is 0 Å². The molecule has 17 heavy (non-hydrogen) atoms. The van der Waals surface area contributed by atoms with Gasteiger partial charge in [-0.05, 0) is 26.5 Å². The Balaban J connectivity index is 0. The van der Waals surface area contributed by atoms with Gasteiger partial charge in [-0.15, -0.1) is 0 Å². The third kappa shape index (κ3) is 10.4. The van der Waals surface area contributed by atoms with E-state index in [0.29, 0.717) is 30.3 Å². The van der Waals surface area contributed by atoms with Crippen LogP contribution in [0, 0.1) is 0 Å². The normalized spacial score (nSPS) is 10.4. The SMILES string of the molecule is C=C[Si](OCC)(OCC)OCC.CC(=O)O[SiH3]. The van der Waals surface area contributed by atoms with E-state index in [4.69, 9.17) is 13.3 Å². The van der Waals surface area contributed by atoms with Crippen molar-refractivity contribution in [1.29, 1.82) is 0 Å². The molecular weight excluding hydrogens is 256 g/mol. The van der Waals surface area contributed by atoms with Gasteiger partial charge in [0, 0.05) is 26.7 Å². The number of carbonyl (C=O) groups excluding carboxylic acids is 1. The van der Waals surface area contributed by atoms with Crippen LogP contribution in [-0.4, -0.2) is 45.1 Å². The highest BCUT2D eigenvalue weighted by Crippen LogP contribution is 2.10. The smallest absolute Gasteiger partial charge is 0.528 e. The second-order valence-electron chi connectivity index (χ2n) is 2.80. The first-order chi connectivity index (χ1) is 8.01. The van der Waals surface area contributed by atoms with Gasteiger partial charge in [-0.3, -0.25) is 4.79 Å². The lowest BCUT2D eigenvalue weighted by molar-refractivity contribution is -0.131. The van der Waals surface area contributed by atoms with Gasteiger partial charge in [0.15, 0.2) is 0 Å². The van der Waals surface area contributed by atoms with Gasteiger partial charge in [0.25, 0.3) is 5.97 Å². The number of hydrogen-bond donors (Lipinski definition) is 0. The highest BCUT2D eigenvalue weighted by Gasteiger charge is 2.36. The molecule has 0 saturated carbocycles. The molecule has 0 rings (SSSR count). The average molecular weight is 280 g/mol. The fraction of sp³-hybridized carbons (Fsp3) is 0.700. The summed E-state index contributed by atoms with van der Waals surface area (Å²) in [5, 5.41) is 0. The Bertz CT molecular complexity index is 194. The molecule has 0 saturated heterocycles. The lowest BCUT2D eigenvalue weighted by Crippen LogP contribution is -2.44. The van der Waals surface area contributed by atoms with Gasteiger partial charge in [0.1, 0.15) is 0 Å². The van der Waals surface area contributed by atoms with Crippen LogP contribution in [-0.2, 0) is 22.5 Å². The van der Waals surface area contributed by atoms with Crippen LogP contribution in [0.15, 0.2) is 12.3 Å². The molecule has 0 bridgehead atoms. The van der Waals surface area contributed by atoms with Crippen molar-refractivity contribution in [3.8, 4) is 0 Å². The van der Waals surface area contributed by atoms with Gasteiger partial charge < -0.3 is 17.7 Å². The van der Waals surface area contributed by atoms with Crippen LogP contribution >= 0.6 is 0 Å². The lowest BCUT2D eigenvalue weighted by Gasteiger charge is -2.24. The summed E-state index contributed by atoms with van der Waals surface area (Å²) in [6.45, 7) is 12.6. The van der Waals surface area contributed by atoms with E-state index < -0.39 is 8.80 Å². The van der Waals surface area contributed by atoms with Crippen LogP contribution < -0.4 is 0 Å². The number of carbonyl (C=O) groups is 1. The highest BCUT2D eigenvalue weighted by atomic mass is 28.4. The summed E-state index contributed by atoms with van der Waals surface area (Å²) in [4.78, 5) is 9.62. The summed E-state index contributed by atoms with van der Waals surface area (Å²) in [6, 6.07) is 0. The molecule has 7 heteroatoms. The molecule has 0 aromatic carbocycles. The summed E-state index contributed by atoms with van der Waals surface area (Å²) < 4.78 is 20.6. The molecule has 0 unspecified atom stereocenters.